The maximum Gasteiger partial charge on any atom is 0.146 e. The minimum Gasteiger partial charge on any atom is -0.329 e. The molecule has 0 radical (unpaired) electrons. The highest BCUT2D eigenvalue weighted by molar-refractivity contribution is 5.86. The van der Waals surface area contributed by atoms with Crippen LogP contribution in [-0.2, 0) is 18.3 Å². The first-order chi connectivity index (χ1) is 8.55. The summed E-state index contributed by atoms with van der Waals surface area (Å²) in [5.74, 6) is 1.00. The van der Waals surface area contributed by atoms with Gasteiger partial charge in [-0.25, -0.2) is 0 Å². The molecule has 1 saturated carbocycles. The Morgan fingerprint density at radius 2 is 2.22 bits per heavy atom. The van der Waals surface area contributed by atoms with Crippen molar-refractivity contribution in [3.63, 3.8) is 0 Å². The zero-order chi connectivity index (χ0) is 13.2. The average molecular weight is 249 g/mol. The van der Waals surface area contributed by atoms with Crippen molar-refractivity contribution in [2.75, 3.05) is 6.54 Å². The number of carbonyl (C=O) groups is 1. The predicted molar refractivity (Wildman–Crippen MR) is 71.0 cm³/mol. The predicted octanol–water partition coefficient (Wildman–Crippen LogP) is 1.69. The van der Waals surface area contributed by atoms with Gasteiger partial charge in [0.1, 0.15) is 5.78 Å². The van der Waals surface area contributed by atoms with Crippen molar-refractivity contribution in [3.8, 4) is 0 Å². The summed E-state index contributed by atoms with van der Waals surface area (Å²) >= 11 is 0. The summed E-state index contributed by atoms with van der Waals surface area (Å²) in [5, 5.41) is 4.28. The van der Waals surface area contributed by atoms with Crippen LogP contribution in [0, 0.1) is 11.3 Å². The molecular formula is C14H23N3O. The second-order valence-corrected chi connectivity index (χ2v) is 5.75. The molecule has 0 aromatic carbocycles. The summed E-state index contributed by atoms with van der Waals surface area (Å²) in [6.07, 6.45) is 6.41. The lowest BCUT2D eigenvalue weighted by atomic mass is 9.67. The van der Waals surface area contributed by atoms with Crippen LogP contribution in [0.1, 0.15) is 38.3 Å². The zero-order valence-electron chi connectivity index (χ0n) is 11.4. The van der Waals surface area contributed by atoms with Gasteiger partial charge in [0, 0.05) is 25.2 Å². The number of Topliss-reactive ketones (excluding diaryl/α,β-unsaturated/α-hetero) is 1. The molecule has 2 N–H and O–H groups in total. The first kappa shape index (κ1) is 13.3. The van der Waals surface area contributed by atoms with Gasteiger partial charge in [-0.15, -0.1) is 0 Å². The number of hydrogen-bond acceptors (Lipinski definition) is 3. The van der Waals surface area contributed by atoms with Crippen molar-refractivity contribution in [1.82, 2.24) is 9.78 Å². The molecule has 4 heteroatoms. The van der Waals surface area contributed by atoms with Crippen LogP contribution in [0.4, 0.5) is 0 Å². The number of nitrogens with two attached hydrogens (primary N) is 1. The topological polar surface area (TPSA) is 60.9 Å². The Bertz CT molecular complexity index is 416. The second kappa shape index (κ2) is 5.22. The van der Waals surface area contributed by atoms with E-state index in [1.807, 2.05) is 19.3 Å². The van der Waals surface area contributed by atoms with Crippen molar-refractivity contribution in [3.05, 3.63) is 18.0 Å². The van der Waals surface area contributed by atoms with E-state index in [0.717, 1.165) is 37.3 Å². The Morgan fingerprint density at radius 3 is 2.72 bits per heavy atom. The molecule has 0 amide bonds. The van der Waals surface area contributed by atoms with E-state index >= 15 is 0 Å². The third kappa shape index (κ3) is 2.64. The Hall–Kier alpha value is -1.16. The maximum atomic E-state index is 12.5. The van der Waals surface area contributed by atoms with Crippen molar-refractivity contribution in [2.24, 2.45) is 24.1 Å². The number of carbonyl (C=O) groups excluding carboxylic acids is 1. The molecule has 2 rings (SSSR count). The molecule has 0 atom stereocenters. The molecule has 1 aromatic rings. The molecule has 100 valence electrons. The van der Waals surface area contributed by atoms with Crippen LogP contribution < -0.4 is 5.73 Å². The summed E-state index contributed by atoms with van der Waals surface area (Å²) < 4.78 is 1.74. The molecular weight excluding hydrogens is 226 g/mol. The van der Waals surface area contributed by atoms with Crippen LogP contribution in [0.25, 0.3) is 0 Å². The Balaban J connectivity index is 2.06. The van der Waals surface area contributed by atoms with Gasteiger partial charge in [0.15, 0.2) is 0 Å². The lowest BCUT2D eigenvalue weighted by molar-refractivity contribution is -0.129. The fraction of sp³-hybridized carbons (Fsp3) is 0.714. The first-order valence-electron chi connectivity index (χ1n) is 6.78. The molecule has 1 aliphatic carbocycles. The summed E-state index contributed by atoms with van der Waals surface area (Å²) in [5.41, 5.74) is 6.46. The van der Waals surface area contributed by atoms with Crippen LogP contribution in [-0.4, -0.2) is 22.1 Å². The molecule has 1 aromatic heterocycles. The average Bonchev–Trinajstić information content (AvgIpc) is 2.76. The molecule has 0 bridgehead atoms. The van der Waals surface area contributed by atoms with Gasteiger partial charge in [-0.2, -0.15) is 5.10 Å². The largest absolute Gasteiger partial charge is 0.329 e. The Kier molecular flexibility index (Phi) is 3.85. The fourth-order valence-electron chi connectivity index (χ4n) is 2.82. The van der Waals surface area contributed by atoms with Crippen LogP contribution in [0.2, 0.25) is 0 Å². The van der Waals surface area contributed by atoms with Gasteiger partial charge in [0.25, 0.3) is 0 Å². The monoisotopic (exact) mass is 249 g/mol. The highest BCUT2D eigenvalue weighted by Gasteiger charge is 2.39. The van der Waals surface area contributed by atoms with Crippen molar-refractivity contribution in [2.45, 2.75) is 39.0 Å². The van der Waals surface area contributed by atoms with Crippen molar-refractivity contribution < 1.29 is 4.79 Å². The van der Waals surface area contributed by atoms with Crippen LogP contribution in [0.15, 0.2) is 12.3 Å². The van der Waals surface area contributed by atoms with E-state index in [1.54, 1.807) is 4.68 Å². The van der Waals surface area contributed by atoms with Crippen molar-refractivity contribution in [1.29, 1.82) is 0 Å². The molecule has 0 spiro atoms. The third-order valence-electron chi connectivity index (χ3n) is 4.32. The van der Waals surface area contributed by atoms with E-state index in [0.29, 0.717) is 13.0 Å². The SMILES string of the molecule is CC1CCC(CN)(C(=O)Cc2ccn(C)n2)CC1. The fourth-order valence-corrected chi connectivity index (χ4v) is 2.82. The van der Waals surface area contributed by atoms with E-state index in [4.69, 9.17) is 5.73 Å². The molecule has 0 saturated heterocycles. The summed E-state index contributed by atoms with van der Waals surface area (Å²) in [7, 11) is 1.87. The zero-order valence-corrected chi connectivity index (χ0v) is 11.4. The number of hydrogen-bond donors (Lipinski definition) is 1. The van der Waals surface area contributed by atoms with E-state index in [1.165, 1.54) is 0 Å². The Morgan fingerprint density at radius 1 is 1.56 bits per heavy atom. The molecule has 4 nitrogen and oxygen atoms in total. The highest BCUT2D eigenvalue weighted by Crippen LogP contribution is 2.39. The second-order valence-electron chi connectivity index (χ2n) is 5.75. The molecule has 0 unspecified atom stereocenters. The quantitative estimate of drug-likeness (QED) is 0.883. The lowest BCUT2D eigenvalue weighted by Crippen LogP contribution is -2.42. The number of ketones is 1. The molecule has 18 heavy (non-hydrogen) atoms. The van der Waals surface area contributed by atoms with Gasteiger partial charge in [-0.3, -0.25) is 9.48 Å². The highest BCUT2D eigenvalue weighted by atomic mass is 16.1. The number of aromatic nitrogens is 2. The summed E-state index contributed by atoms with van der Waals surface area (Å²) in [6, 6.07) is 1.91. The van der Waals surface area contributed by atoms with Gasteiger partial charge < -0.3 is 5.73 Å². The Labute approximate surface area is 109 Å². The van der Waals surface area contributed by atoms with Gasteiger partial charge in [0.2, 0.25) is 0 Å². The minimum absolute atomic E-state index is 0.274. The van der Waals surface area contributed by atoms with Crippen LogP contribution >= 0.6 is 0 Å². The van der Waals surface area contributed by atoms with Gasteiger partial charge in [-0.05, 0) is 37.7 Å². The van der Waals surface area contributed by atoms with Crippen LogP contribution in [0.3, 0.4) is 0 Å². The molecule has 1 aliphatic rings. The standard InChI is InChI=1S/C14H23N3O/c1-11-3-6-14(10-15,7-4-11)13(18)9-12-5-8-17(2)16-12/h5,8,11H,3-4,6-7,9-10,15H2,1-2H3. The van der Waals surface area contributed by atoms with Gasteiger partial charge >= 0.3 is 0 Å². The molecule has 1 heterocycles. The van der Waals surface area contributed by atoms with Crippen LogP contribution in [0.5, 0.6) is 0 Å². The number of aryl methyl sites for hydroxylation is 1. The smallest absolute Gasteiger partial charge is 0.146 e. The normalized spacial score (nSPS) is 28.3. The van der Waals surface area contributed by atoms with Crippen molar-refractivity contribution >= 4 is 5.78 Å². The summed E-state index contributed by atoms with van der Waals surface area (Å²) in [6.45, 7) is 2.73. The van der Waals surface area contributed by atoms with E-state index in [9.17, 15) is 4.79 Å². The molecule has 1 fully saturated rings. The van der Waals surface area contributed by atoms with E-state index in [-0.39, 0.29) is 11.2 Å². The van der Waals surface area contributed by atoms with E-state index < -0.39 is 0 Å². The lowest BCUT2D eigenvalue weighted by Gasteiger charge is -2.37. The van der Waals surface area contributed by atoms with Gasteiger partial charge in [-0.1, -0.05) is 6.92 Å². The molecule has 0 aliphatic heterocycles. The first-order valence-corrected chi connectivity index (χ1v) is 6.78. The van der Waals surface area contributed by atoms with Gasteiger partial charge in [0.05, 0.1) is 12.1 Å². The maximum absolute atomic E-state index is 12.5. The number of rotatable bonds is 4. The van der Waals surface area contributed by atoms with E-state index in [2.05, 4.69) is 12.0 Å². The number of nitrogens with zero attached hydrogens (tertiary/aromatic N) is 2. The summed E-state index contributed by atoms with van der Waals surface area (Å²) in [4.78, 5) is 12.5. The minimum atomic E-state index is -0.288. The third-order valence-corrected chi connectivity index (χ3v) is 4.32.